The normalized spacial score (nSPS) is 10.9. The summed E-state index contributed by atoms with van der Waals surface area (Å²) in [5.74, 6) is 0.510. The molecule has 0 saturated heterocycles. The second-order valence-electron chi connectivity index (χ2n) is 6.98. The Balaban J connectivity index is 1.50. The monoisotopic (exact) mass is 420 g/mol. The Morgan fingerprint density at radius 2 is 2.03 bits per heavy atom. The number of hydrogen-bond donors (Lipinski definition) is 1. The van der Waals surface area contributed by atoms with Crippen molar-refractivity contribution < 1.29 is 14.0 Å². The average molecular weight is 420 g/mol. The fraction of sp³-hybridized carbons (Fsp3) is 0.182. The number of Topliss-reactive ketones (excluding diaryl/α,β-unsaturated/α-hetero) is 1. The molecule has 0 spiro atoms. The largest absolute Gasteiger partial charge is 0.456 e. The van der Waals surface area contributed by atoms with Crippen LogP contribution < -0.4 is 5.32 Å². The van der Waals surface area contributed by atoms with Crippen molar-refractivity contribution in [3.05, 3.63) is 76.6 Å². The molecule has 1 amide bonds. The number of nitrogens with one attached hydrogen (secondary N) is 1. The van der Waals surface area contributed by atoms with E-state index in [4.69, 9.17) is 4.42 Å². The summed E-state index contributed by atoms with van der Waals surface area (Å²) >= 11 is 1.49. The summed E-state index contributed by atoms with van der Waals surface area (Å²) < 4.78 is 7.11. The van der Waals surface area contributed by atoms with Crippen molar-refractivity contribution in [3.8, 4) is 10.4 Å². The van der Waals surface area contributed by atoms with E-state index in [0.29, 0.717) is 29.4 Å². The van der Waals surface area contributed by atoms with Crippen molar-refractivity contribution in [2.24, 2.45) is 0 Å². The molecule has 3 heterocycles. The number of carbonyl (C=O) groups excluding carboxylic acids is 2. The third kappa shape index (κ3) is 4.23. The van der Waals surface area contributed by atoms with E-state index >= 15 is 0 Å². The molecule has 4 aromatic rings. The van der Waals surface area contributed by atoms with Crippen LogP contribution in [0.1, 0.15) is 44.3 Å². The van der Waals surface area contributed by atoms with Crippen LogP contribution in [-0.2, 0) is 6.54 Å². The van der Waals surface area contributed by atoms with Crippen LogP contribution in [0.15, 0.2) is 53.2 Å². The predicted molar refractivity (Wildman–Crippen MR) is 115 cm³/mol. The summed E-state index contributed by atoms with van der Waals surface area (Å²) in [6.07, 6.45) is 3.28. The first-order valence-electron chi connectivity index (χ1n) is 9.37. The summed E-state index contributed by atoms with van der Waals surface area (Å²) in [6, 6.07) is 11.4. The number of aromatic nitrogens is 3. The first kappa shape index (κ1) is 19.8. The van der Waals surface area contributed by atoms with E-state index in [-0.39, 0.29) is 11.7 Å². The first-order chi connectivity index (χ1) is 14.4. The lowest BCUT2D eigenvalue weighted by Gasteiger charge is -2.04. The first-order valence-corrected chi connectivity index (χ1v) is 10.2. The van der Waals surface area contributed by atoms with Crippen LogP contribution in [0.4, 0.5) is 5.69 Å². The van der Waals surface area contributed by atoms with Crippen LogP contribution in [0, 0.1) is 13.8 Å². The molecule has 0 bridgehead atoms. The highest BCUT2D eigenvalue weighted by Crippen LogP contribution is 2.31. The molecule has 0 aliphatic rings. The summed E-state index contributed by atoms with van der Waals surface area (Å²) in [4.78, 5) is 29.5. The zero-order valence-electron chi connectivity index (χ0n) is 16.8. The van der Waals surface area contributed by atoms with Gasteiger partial charge in [-0.15, -0.1) is 11.3 Å². The highest BCUT2D eigenvalue weighted by molar-refractivity contribution is 7.15. The Bertz CT molecular complexity index is 1230. The second-order valence-corrected chi connectivity index (χ2v) is 8.19. The molecule has 0 saturated carbocycles. The van der Waals surface area contributed by atoms with Gasteiger partial charge in [-0.2, -0.15) is 5.10 Å². The Kier molecular flexibility index (Phi) is 5.33. The van der Waals surface area contributed by atoms with Crippen LogP contribution in [0.25, 0.3) is 10.4 Å². The van der Waals surface area contributed by atoms with Gasteiger partial charge in [0.1, 0.15) is 11.5 Å². The van der Waals surface area contributed by atoms with Gasteiger partial charge in [0.15, 0.2) is 11.5 Å². The van der Waals surface area contributed by atoms with Crippen molar-refractivity contribution in [1.29, 1.82) is 0 Å². The number of benzene rings is 1. The van der Waals surface area contributed by atoms with E-state index in [2.05, 4.69) is 15.4 Å². The summed E-state index contributed by atoms with van der Waals surface area (Å²) in [7, 11) is 0. The number of furan rings is 1. The van der Waals surface area contributed by atoms with Crippen LogP contribution in [-0.4, -0.2) is 26.5 Å². The molecule has 0 aliphatic carbocycles. The minimum atomic E-state index is -0.285. The van der Waals surface area contributed by atoms with Crippen LogP contribution in [0.3, 0.4) is 0 Å². The number of amides is 1. The Hall–Kier alpha value is -3.52. The molecule has 4 rings (SSSR count). The number of nitrogens with zero attached hydrogens (tertiary/aromatic N) is 3. The maximum Gasteiger partial charge on any atom is 0.275 e. The van der Waals surface area contributed by atoms with Gasteiger partial charge in [0.2, 0.25) is 0 Å². The van der Waals surface area contributed by atoms with Crippen LogP contribution in [0.2, 0.25) is 0 Å². The van der Waals surface area contributed by atoms with E-state index in [1.165, 1.54) is 18.3 Å². The fourth-order valence-corrected chi connectivity index (χ4v) is 3.99. The Labute approximate surface area is 177 Å². The molecule has 8 heteroatoms. The van der Waals surface area contributed by atoms with Gasteiger partial charge >= 0.3 is 0 Å². The summed E-state index contributed by atoms with van der Waals surface area (Å²) in [5, 5.41) is 7.94. The van der Waals surface area contributed by atoms with Crippen LogP contribution >= 0.6 is 11.3 Å². The second kappa shape index (κ2) is 8.08. The van der Waals surface area contributed by atoms with Gasteiger partial charge in [0.05, 0.1) is 28.3 Å². The lowest BCUT2D eigenvalue weighted by molar-refractivity contribution is 0.0983. The minimum Gasteiger partial charge on any atom is -0.456 e. The molecular formula is C22H20N4O3S. The van der Waals surface area contributed by atoms with E-state index in [9.17, 15) is 9.59 Å². The third-order valence-corrected chi connectivity index (χ3v) is 5.47. The molecule has 152 valence electrons. The molecule has 0 aliphatic heterocycles. The Morgan fingerprint density at radius 1 is 1.20 bits per heavy atom. The lowest BCUT2D eigenvalue weighted by atomic mass is 10.1. The molecule has 7 nitrogen and oxygen atoms in total. The van der Waals surface area contributed by atoms with Crippen molar-refractivity contribution in [1.82, 2.24) is 14.8 Å². The third-order valence-electron chi connectivity index (χ3n) is 4.45. The van der Waals surface area contributed by atoms with Crippen molar-refractivity contribution in [3.63, 3.8) is 0 Å². The zero-order chi connectivity index (χ0) is 21.3. The summed E-state index contributed by atoms with van der Waals surface area (Å²) in [5.41, 5.74) is 3.05. The maximum atomic E-state index is 12.9. The lowest BCUT2D eigenvalue weighted by Crippen LogP contribution is -2.13. The van der Waals surface area contributed by atoms with Crippen molar-refractivity contribution in [2.75, 3.05) is 5.32 Å². The number of carbonyl (C=O) groups is 2. The molecule has 0 fully saturated rings. The average Bonchev–Trinajstić information content (AvgIpc) is 3.42. The molecule has 3 aromatic heterocycles. The number of rotatable bonds is 6. The SMILES string of the molecule is CC(=O)c1ccc(Cn2cc(NC(=O)c3nc(C)sc3-c3cccc(C)c3)cn2)o1. The number of ketones is 1. The number of aryl methyl sites for hydroxylation is 2. The van der Waals surface area contributed by atoms with Crippen molar-refractivity contribution >= 4 is 28.7 Å². The standard InChI is InChI=1S/C22H20N4O3S/c1-13-5-4-6-16(9-13)21-20(24-15(3)30-21)22(28)25-17-10-23-26(11-17)12-18-7-8-19(29-18)14(2)27/h4-11H,12H2,1-3H3,(H,25,28). The van der Waals surface area contributed by atoms with E-state index in [1.807, 2.05) is 38.1 Å². The molecule has 1 aromatic carbocycles. The van der Waals surface area contributed by atoms with Crippen molar-refractivity contribution in [2.45, 2.75) is 27.3 Å². The maximum absolute atomic E-state index is 12.9. The number of thiazole rings is 1. The smallest absolute Gasteiger partial charge is 0.275 e. The highest BCUT2D eigenvalue weighted by Gasteiger charge is 2.19. The topological polar surface area (TPSA) is 90.0 Å². The van der Waals surface area contributed by atoms with Gasteiger partial charge in [-0.25, -0.2) is 4.98 Å². The summed E-state index contributed by atoms with van der Waals surface area (Å²) in [6.45, 7) is 5.71. The van der Waals surface area contributed by atoms with Gasteiger partial charge in [-0.1, -0.05) is 29.8 Å². The predicted octanol–water partition coefficient (Wildman–Crippen LogP) is 4.72. The molecule has 0 atom stereocenters. The molecular weight excluding hydrogens is 400 g/mol. The van der Waals surface area contributed by atoms with E-state index < -0.39 is 0 Å². The molecule has 0 radical (unpaired) electrons. The quantitative estimate of drug-likeness (QED) is 0.456. The number of anilines is 1. The molecule has 30 heavy (non-hydrogen) atoms. The minimum absolute atomic E-state index is 0.127. The van der Waals surface area contributed by atoms with E-state index in [0.717, 1.165) is 21.0 Å². The van der Waals surface area contributed by atoms with Crippen LogP contribution in [0.5, 0.6) is 0 Å². The van der Waals surface area contributed by atoms with Gasteiger partial charge in [-0.05, 0) is 31.5 Å². The number of hydrogen-bond acceptors (Lipinski definition) is 6. The molecule has 1 N–H and O–H groups in total. The molecule has 0 unspecified atom stereocenters. The van der Waals surface area contributed by atoms with Gasteiger partial charge < -0.3 is 9.73 Å². The Morgan fingerprint density at radius 3 is 2.77 bits per heavy atom. The fourth-order valence-electron chi connectivity index (χ4n) is 3.08. The van der Waals surface area contributed by atoms with Gasteiger partial charge in [0.25, 0.3) is 5.91 Å². The van der Waals surface area contributed by atoms with Gasteiger partial charge in [-0.3, -0.25) is 14.3 Å². The zero-order valence-corrected chi connectivity index (χ0v) is 17.6. The van der Waals surface area contributed by atoms with E-state index in [1.54, 1.807) is 29.2 Å². The highest BCUT2D eigenvalue weighted by atomic mass is 32.1. The van der Waals surface area contributed by atoms with Gasteiger partial charge in [0, 0.05) is 13.1 Å².